The molecule has 0 radical (unpaired) electrons. The monoisotopic (exact) mass is 234 g/mol. The molecule has 0 heterocycles. The number of aromatic hydroxyl groups is 1. The Bertz CT molecular complexity index is 392. The van der Waals surface area contributed by atoms with Gasteiger partial charge in [0, 0.05) is 0 Å². The number of phenols is 1. The van der Waals surface area contributed by atoms with Crippen molar-refractivity contribution < 1.29 is 14.6 Å². The Labute approximate surface area is 101 Å². The van der Waals surface area contributed by atoms with E-state index in [1.807, 2.05) is 19.1 Å². The standard InChI is InChI=1S/C14H18O3/c1-9(14(16)17-2)13(10-3-4-10)11-5-7-12(15)8-6-11/h5-10,13,15H,3-4H2,1-2H3/t9-,13?/m0/s1. The molecule has 92 valence electrons. The number of carbonyl (C=O) groups excluding carboxylic acids is 1. The Morgan fingerprint density at radius 3 is 2.41 bits per heavy atom. The van der Waals surface area contributed by atoms with Gasteiger partial charge in [0.05, 0.1) is 13.0 Å². The quantitative estimate of drug-likeness (QED) is 0.815. The predicted octanol–water partition coefficient (Wildman–Crippen LogP) is 2.69. The second-order valence-corrected chi connectivity index (χ2v) is 4.77. The predicted molar refractivity (Wildman–Crippen MR) is 64.8 cm³/mol. The number of methoxy groups -OCH3 is 1. The van der Waals surface area contributed by atoms with Crippen LogP contribution in [-0.2, 0) is 9.53 Å². The third-order valence-electron chi connectivity index (χ3n) is 3.52. The van der Waals surface area contributed by atoms with Gasteiger partial charge in [0.25, 0.3) is 0 Å². The van der Waals surface area contributed by atoms with Crippen molar-refractivity contribution in [3.05, 3.63) is 29.8 Å². The van der Waals surface area contributed by atoms with Gasteiger partial charge in [-0.2, -0.15) is 0 Å². The lowest BCUT2D eigenvalue weighted by Gasteiger charge is -2.22. The Kier molecular flexibility index (Phi) is 3.36. The van der Waals surface area contributed by atoms with Crippen LogP contribution in [0, 0.1) is 11.8 Å². The van der Waals surface area contributed by atoms with Crippen molar-refractivity contribution in [3.63, 3.8) is 0 Å². The first kappa shape index (κ1) is 12.0. The number of esters is 1. The van der Waals surface area contributed by atoms with Crippen LogP contribution < -0.4 is 0 Å². The number of hydrogen-bond donors (Lipinski definition) is 1. The molecule has 0 spiro atoms. The van der Waals surface area contributed by atoms with E-state index in [4.69, 9.17) is 4.74 Å². The van der Waals surface area contributed by atoms with Crippen LogP contribution >= 0.6 is 0 Å². The van der Waals surface area contributed by atoms with Crippen LogP contribution in [0.25, 0.3) is 0 Å². The molecule has 0 aliphatic heterocycles. The van der Waals surface area contributed by atoms with Crippen molar-refractivity contribution in [3.8, 4) is 5.75 Å². The van der Waals surface area contributed by atoms with E-state index in [1.165, 1.54) is 20.0 Å². The van der Waals surface area contributed by atoms with E-state index in [-0.39, 0.29) is 23.6 Å². The summed E-state index contributed by atoms with van der Waals surface area (Å²) in [6.07, 6.45) is 2.35. The van der Waals surface area contributed by atoms with Crippen LogP contribution in [0.1, 0.15) is 31.2 Å². The van der Waals surface area contributed by atoms with Crippen LogP contribution in [0.3, 0.4) is 0 Å². The average Bonchev–Trinajstić information content (AvgIpc) is 3.15. The summed E-state index contributed by atoms with van der Waals surface area (Å²) in [4.78, 5) is 11.7. The van der Waals surface area contributed by atoms with Crippen LogP contribution in [0.15, 0.2) is 24.3 Å². The molecule has 3 heteroatoms. The summed E-state index contributed by atoms with van der Waals surface area (Å²) < 4.78 is 4.83. The van der Waals surface area contributed by atoms with Gasteiger partial charge in [0.15, 0.2) is 0 Å². The highest BCUT2D eigenvalue weighted by atomic mass is 16.5. The minimum atomic E-state index is -0.157. The van der Waals surface area contributed by atoms with Gasteiger partial charge in [-0.1, -0.05) is 19.1 Å². The van der Waals surface area contributed by atoms with Crippen LogP contribution in [0.5, 0.6) is 5.75 Å². The maximum atomic E-state index is 11.7. The van der Waals surface area contributed by atoms with Crippen molar-refractivity contribution in [1.82, 2.24) is 0 Å². The second-order valence-electron chi connectivity index (χ2n) is 4.77. The second kappa shape index (κ2) is 4.78. The SMILES string of the molecule is COC(=O)[C@@H](C)C(c1ccc(O)cc1)C1CC1. The Morgan fingerprint density at radius 2 is 1.94 bits per heavy atom. The number of ether oxygens (including phenoxy) is 1. The minimum Gasteiger partial charge on any atom is -0.508 e. The van der Waals surface area contributed by atoms with Crippen molar-refractivity contribution in [2.24, 2.45) is 11.8 Å². The topological polar surface area (TPSA) is 46.5 Å². The molecule has 0 saturated heterocycles. The Morgan fingerprint density at radius 1 is 1.35 bits per heavy atom. The maximum absolute atomic E-state index is 11.7. The minimum absolute atomic E-state index is 0.128. The maximum Gasteiger partial charge on any atom is 0.309 e. The van der Waals surface area contributed by atoms with Crippen LogP contribution in [0.2, 0.25) is 0 Å². The third-order valence-corrected chi connectivity index (χ3v) is 3.52. The van der Waals surface area contributed by atoms with Gasteiger partial charge in [0.2, 0.25) is 0 Å². The van der Waals surface area contributed by atoms with Gasteiger partial charge in [-0.3, -0.25) is 4.79 Å². The molecular weight excluding hydrogens is 216 g/mol. The largest absolute Gasteiger partial charge is 0.508 e. The lowest BCUT2D eigenvalue weighted by molar-refractivity contribution is -0.145. The summed E-state index contributed by atoms with van der Waals surface area (Å²) >= 11 is 0. The zero-order chi connectivity index (χ0) is 12.4. The fourth-order valence-electron chi connectivity index (χ4n) is 2.45. The van der Waals surface area contributed by atoms with Crippen LogP contribution in [-0.4, -0.2) is 18.2 Å². The van der Waals surface area contributed by atoms with E-state index in [2.05, 4.69) is 0 Å². The van der Waals surface area contributed by atoms with E-state index >= 15 is 0 Å². The lowest BCUT2D eigenvalue weighted by atomic mass is 9.83. The molecule has 0 bridgehead atoms. The van der Waals surface area contributed by atoms with Crippen molar-refractivity contribution in [2.45, 2.75) is 25.7 Å². The summed E-state index contributed by atoms with van der Waals surface area (Å²) in [5.41, 5.74) is 1.11. The zero-order valence-corrected chi connectivity index (χ0v) is 10.2. The first-order valence-corrected chi connectivity index (χ1v) is 6.00. The van der Waals surface area contributed by atoms with Crippen molar-refractivity contribution in [1.29, 1.82) is 0 Å². The van der Waals surface area contributed by atoms with Gasteiger partial charge >= 0.3 is 5.97 Å². The summed E-state index contributed by atoms with van der Waals surface area (Å²) in [5, 5.41) is 9.30. The molecule has 1 aliphatic rings. The fraction of sp³-hybridized carbons (Fsp3) is 0.500. The van der Waals surface area contributed by atoms with E-state index in [9.17, 15) is 9.90 Å². The highest BCUT2D eigenvalue weighted by Gasteiger charge is 2.38. The van der Waals surface area contributed by atoms with Crippen LogP contribution in [0.4, 0.5) is 0 Å². The van der Waals surface area contributed by atoms with E-state index in [0.29, 0.717) is 5.92 Å². The molecule has 0 amide bonds. The third kappa shape index (κ3) is 2.60. The number of carbonyl (C=O) groups is 1. The molecule has 1 N–H and O–H groups in total. The molecule has 1 aliphatic carbocycles. The van der Waals surface area contributed by atoms with Gasteiger partial charge in [-0.05, 0) is 42.4 Å². The molecule has 3 nitrogen and oxygen atoms in total. The highest BCUT2D eigenvalue weighted by Crippen LogP contribution is 2.47. The number of benzene rings is 1. The normalized spacial score (nSPS) is 18.5. The molecule has 1 aromatic carbocycles. The number of hydrogen-bond acceptors (Lipinski definition) is 3. The Hall–Kier alpha value is -1.51. The molecule has 0 aromatic heterocycles. The van der Waals surface area contributed by atoms with Crippen molar-refractivity contribution in [2.75, 3.05) is 7.11 Å². The fourth-order valence-corrected chi connectivity index (χ4v) is 2.45. The molecule has 17 heavy (non-hydrogen) atoms. The van der Waals surface area contributed by atoms with E-state index in [0.717, 1.165) is 5.56 Å². The molecule has 2 atom stereocenters. The van der Waals surface area contributed by atoms with Gasteiger partial charge < -0.3 is 9.84 Å². The molecule has 1 aromatic rings. The van der Waals surface area contributed by atoms with Crippen molar-refractivity contribution >= 4 is 5.97 Å². The lowest BCUT2D eigenvalue weighted by Crippen LogP contribution is -2.22. The molecular formula is C14H18O3. The summed E-state index contributed by atoms with van der Waals surface area (Å²) in [5.74, 6) is 0.762. The molecule has 1 unspecified atom stereocenters. The number of rotatable bonds is 4. The molecule has 2 rings (SSSR count). The van der Waals surface area contributed by atoms with Gasteiger partial charge in [-0.15, -0.1) is 0 Å². The molecule has 1 saturated carbocycles. The Balaban J connectivity index is 2.22. The van der Waals surface area contributed by atoms with Gasteiger partial charge in [-0.25, -0.2) is 0 Å². The van der Waals surface area contributed by atoms with E-state index < -0.39 is 0 Å². The van der Waals surface area contributed by atoms with E-state index in [1.54, 1.807) is 12.1 Å². The van der Waals surface area contributed by atoms with Gasteiger partial charge in [0.1, 0.15) is 5.75 Å². The first-order valence-electron chi connectivity index (χ1n) is 6.00. The smallest absolute Gasteiger partial charge is 0.309 e. The summed E-state index contributed by atoms with van der Waals surface area (Å²) in [7, 11) is 1.43. The summed E-state index contributed by atoms with van der Waals surface area (Å²) in [6.45, 7) is 1.92. The first-order chi connectivity index (χ1) is 8.13. The zero-order valence-electron chi connectivity index (χ0n) is 10.2. The summed E-state index contributed by atoms with van der Waals surface area (Å²) in [6, 6.07) is 7.15. The molecule has 1 fully saturated rings. The number of phenolic OH excluding ortho intramolecular Hbond substituents is 1. The average molecular weight is 234 g/mol. The highest BCUT2D eigenvalue weighted by molar-refractivity contribution is 5.73.